The van der Waals surface area contributed by atoms with Crippen LogP contribution in [0.4, 0.5) is 0 Å². The summed E-state index contributed by atoms with van der Waals surface area (Å²) in [6.07, 6.45) is 8.21. The summed E-state index contributed by atoms with van der Waals surface area (Å²) >= 11 is 0. The molecule has 0 radical (unpaired) electrons. The third-order valence-corrected chi connectivity index (χ3v) is 4.05. The van der Waals surface area contributed by atoms with E-state index in [0.717, 1.165) is 24.8 Å². The van der Waals surface area contributed by atoms with E-state index in [4.69, 9.17) is 0 Å². The van der Waals surface area contributed by atoms with Crippen molar-refractivity contribution in [1.29, 1.82) is 0 Å². The lowest BCUT2D eigenvalue weighted by molar-refractivity contribution is 0.0932. The summed E-state index contributed by atoms with van der Waals surface area (Å²) < 4.78 is 2.09. The van der Waals surface area contributed by atoms with E-state index in [0.29, 0.717) is 5.56 Å². The largest absolute Gasteiger partial charge is 0.345 e. The normalized spacial score (nSPS) is 17.9. The number of hydrogen-bond acceptors (Lipinski definition) is 3. The lowest BCUT2D eigenvalue weighted by Crippen LogP contribution is -2.32. The van der Waals surface area contributed by atoms with Crippen LogP contribution in [0.15, 0.2) is 30.7 Å². The summed E-state index contributed by atoms with van der Waals surface area (Å²) in [5, 5.41) is 7.68. The minimum absolute atomic E-state index is 0.0348. The SMILES string of the molecule is CC(C)(C)n1ncc2c1CCC[C@@H]2NC(=O)c1cccnc1. The lowest BCUT2D eigenvalue weighted by Gasteiger charge is -2.28. The van der Waals surface area contributed by atoms with E-state index in [2.05, 4.69) is 40.9 Å². The van der Waals surface area contributed by atoms with Gasteiger partial charge in [-0.05, 0) is 52.2 Å². The van der Waals surface area contributed by atoms with Gasteiger partial charge in [-0.1, -0.05) is 0 Å². The molecule has 0 aliphatic heterocycles. The van der Waals surface area contributed by atoms with Gasteiger partial charge in [-0.25, -0.2) is 0 Å². The molecule has 2 aromatic heterocycles. The number of fused-ring (bicyclic) bond motifs is 1. The van der Waals surface area contributed by atoms with Gasteiger partial charge in [-0.2, -0.15) is 5.10 Å². The zero-order chi connectivity index (χ0) is 15.7. The molecule has 2 aromatic rings. The quantitative estimate of drug-likeness (QED) is 0.927. The van der Waals surface area contributed by atoms with Crippen LogP contribution in [0.5, 0.6) is 0 Å². The van der Waals surface area contributed by atoms with E-state index in [1.165, 1.54) is 5.69 Å². The van der Waals surface area contributed by atoms with Crippen molar-refractivity contribution in [2.45, 2.75) is 51.6 Å². The minimum Gasteiger partial charge on any atom is -0.345 e. The van der Waals surface area contributed by atoms with Crippen molar-refractivity contribution in [2.24, 2.45) is 0 Å². The van der Waals surface area contributed by atoms with Crippen LogP contribution in [-0.4, -0.2) is 20.7 Å². The van der Waals surface area contributed by atoms with Gasteiger partial charge in [0.1, 0.15) is 0 Å². The van der Waals surface area contributed by atoms with Gasteiger partial charge in [0.2, 0.25) is 0 Å². The first-order valence-electron chi connectivity index (χ1n) is 7.75. The molecule has 0 saturated heterocycles. The van der Waals surface area contributed by atoms with Crippen molar-refractivity contribution >= 4 is 5.91 Å². The highest BCUT2D eigenvalue weighted by molar-refractivity contribution is 5.94. The van der Waals surface area contributed by atoms with E-state index < -0.39 is 0 Å². The molecule has 116 valence electrons. The Morgan fingerprint density at radius 1 is 1.36 bits per heavy atom. The van der Waals surface area contributed by atoms with Crippen LogP contribution in [0.2, 0.25) is 0 Å². The fraction of sp³-hybridized carbons (Fsp3) is 0.471. The van der Waals surface area contributed by atoms with Gasteiger partial charge in [0, 0.05) is 23.7 Å². The predicted molar refractivity (Wildman–Crippen MR) is 84.6 cm³/mol. The Kier molecular flexibility index (Phi) is 3.72. The zero-order valence-corrected chi connectivity index (χ0v) is 13.3. The third kappa shape index (κ3) is 2.75. The number of rotatable bonds is 2. The Hall–Kier alpha value is -2.17. The maximum Gasteiger partial charge on any atom is 0.253 e. The molecule has 1 atom stereocenters. The van der Waals surface area contributed by atoms with Crippen molar-refractivity contribution in [3.63, 3.8) is 0 Å². The highest BCUT2D eigenvalue weighted by Crippen LogP contribution is 2.32. The molecule has 5 nitrogen and oxygen atoms in total. The number of pyridine rings is 1. The van der Waals surface area contributed by atoms with E-state index in [1.54, 1.807) is 24.5 Å². The van der Waals surface area contributed by atoms with Crippen molar-refractivity contribution < 1.29 is 4.79 Å². The monoisotopic (exact) mass is 298 g/mol. The Bertz CT molecular complexity index is 670. The average molecular weight is 298 g/mol. The Labute approximate surface area is 130 Å². The van der Waals surface area contributed by atoms with Gasteiger partial charge in [0.05, 0.1) is 23.3 Å². The summed E-state index contributed by atoms with van der Waals surface area (Å²) in [6, 6.07) is 3.59. The molecule has 0 fully saturated rings. The van der Waals surface area contributed by atoms with Crippen molar-refractivity contribution in [3.05, 3.63) is 47.5 Å². The third-order valence-electron chi connectivity index (χ3n) is 4.05. The summed E-state index contributed by atoms with van der Waals surface area (Å²) in [5.41, 5.74) is 2.95. The van der Waals surface area contributed by atoms with Crippen LogP contribution in [-0.2, 0) is 12.0 Å². The van der Waals surface area contributed by atoms with E-state index in [-0.39, 0.29) is 17.5 Å². The number of hydrogen-bond donors (Lipinski definition) is 1. The zero-order valence-electron chi connectivity index (χ0n) is 13.3. The van der Waals surface area contributed by atoms with E-state index in [1.807, 2.05) is 6.20 Å². The fourth-order valence-corrected chi connectivity index (χ4v) is 3.02. The van der Waals surface area contributed by atoms with Crippen LogP contribution >= 0.6 is 0 Å². The molecular formula is C17H22N4O. The number of amides is 1. The highest BCUT2D eigenvalue weighted by atomic mass is 16.1. The predicted octanol–water partition coefficient (Wildman–Crippen LogP) is 2.84. The molecule has 0 saturated carbocycles. The summed E-state index contributed by atoms with van der Waals surface area (Å²) in [4.78, 5) is 16.4. The maximum atomic E-state index is 12.3. The fourth-order valence-electron chi connectivity index (χ4n) is 3.02. The lowest BCUT2D eigenvalue weighted by atomic mass is 9.92. The van der Waals surface area contributed by atoms with E-state index >= 15 is 0 Å². The van der Waals surface area contributed by atoms with Crippen molar-refractivity contribution in [2.75, 3.05) is 0 Å². The molecule has 1 N–H and O–H groups in total. The first-order chi connectivity index (χ1) is 10.5. The molecule has 5 heteroatoms. The maximum absolute atomic E-state index is 12.3. The van der Waals surface area contributed by atoms with Crippen molar-refractivity contribution in [1.82, 2.24) is 20.1 Å². The molecule has 0 spiro atoms. The highest BCUT2D eigenvalue weighted by Gasteiger charge is 2.29. The second kappa shape index (κ2) is 5.55. The average Bonchev–Trinajstić information content (AvgIpc) is 2.93. The number of nitrogens with zero attached hydrogens (tertiary/aromatic N) is 3. The van der Waals surface area contributed by atoms with Gasteiger partial charge >= 0.3 is 0 Å². The molecule has 1 amide bonds. The van der Waals surface area contributed by atoms with Gasteiger partial charge in [-0.15, -0.1) is 0 Å². The second-order valence-electron chi connectivity index (χ2n) is 6.79. The topological polar surface area (TPSA) is 59.8 Å². The minimum atomic E-state index is -0.0746. The molecule has 0 bridgehead atoms. The molecule has 0 unspecified atom stereocenters. The summed E-state index contributed by atoms with van der Waals surface area (Å²) in [7, 11) is 0. The smallest absolute Gasteiger partial charge is 0.253 e. The van der Waals surface area contributed by atoms with Gasteiger partial charge in [0.15, 0.2) is 0 Å². The molecule has 1 aliphatic carbocycles. The van der Waals surface area contributed by atoms with Gasteiger partial charge in [0.25, 0.3) is 5.91 Å². The first-order valence-corrected chi connectivity index (χ1v) is 7.75. The Morgan fingerprint density at radius 3 is 2.86 bits per heavy atom. The van der Waals surface area contributed by atoms with Crippen LogP contribution in [0.1, 0.15) is 61.3 Å². The second-order valence-corrected chi connectivity index (χ2v) is 6.79. The first kappa shape index (κ1) is 14.8. The molecule has 1 aliphatic rings. The number of carbonyl (C=O) groups excluding carboxylic acids is 1. The van der Waals surface area contributed by atoms with Crippen LogP contribution in [0.25, 0.3) is 0 Å². The van der Waals surface area contributed by atoms with Gasteiger partial charge < -0.3 is 5.32 Å². The number of aromatic nitrogens is 3. The molecule has 22 heavy (non-hydrogen) atoms. The number of carbonyl (C=O) groups is 1. The van der Waals surface area contributed by atoms with Crippen LogP contribution in [0.3, 0.4) is 0 Å². The van der Waals surface area contributed by atoms with Crippen LogP contribution in [0, 0.1) is 0 Å². The Morgan fingerprint density at radius 2 is 2.18 bits per heavy atom. The number of nitrogens with one attached hydrogen (secondary N) is 1. The summed E-state index contributed by atoms with van der Waals surface area (Å²) in [6.45, 7) is 6.45. The Balaban J connectivity index is 1.84. The van der Waals surface area contributed by atoms with Gasteiger partial charge in [-0.3, -0.25) is 14.5 Å². The molecule has 2 heterocycles. The van der Waals surface area contributed by atoms with Crippen LogP contribution < -0.4 is 5.32 Å². The van der Waals surface area contributed by atoms with E-state index in [9.17, 15) is 4.79 Å². The molecule has 0 aromatic carbocycles. The van der Waals surface area contributed by atoms with Crippen molar-refractivity contribution in [3.8, 4) is 0 Å². The summed E-state index contributed by atoms with van der Waals surface area (Å²) in [5.74, 6) is -0.0746. The molecule has 3 rings (SSSR count). The standard InChI is InChI=1S/C17H22N4O/c1-17(2,3)21-15-8-4-7-14(13(15)11-19-21)20-16(22)12-6-5-9-18-10-12/h5-6,9-11,14H,4,7-8H2,1-3H3,(H,20,22)/t14-/m0/s1. The molecular weight excluding hydrogens is 276 g/mol.